The normalized spacial score (nSPS) is 19.6. The molecule has 2 aliphatic heterocycles. The number of amides is 2. The lowest BCUT2D eigenvalue weighted by molar-refractivity contribution is -0.132. The first kappa shape index (κ1) is 17.7. The fourth-order valence-electron chi connectivity index (χ4n) is 3.85. The van der Waals surface area contributed by atoms with Gasteiger partial charge in [-0.2, -0.15) is 0 Å². The summed E-state index contributed by atoms with van der Waals surface area (Å²) in [5.41, 5.74) is 3.44. The van der Waals surface area contributed by atoms with E-state index in [1.165, 1.54) is 5.56 Å². The van der Waals surface area contributed by atoms with Crippen LogP contribution in [0.2, 0.25) is 0 Å². The molecule has 2 fully saturated rings. The van der Waals surface area contributed by atoms with Gasteiger partial charge in [0.25, 0.3) is 0 Å². The molecule has 134 valence electrons. The Labute approximate surface area is 150 Å². The highest BCUT2D eigenvalue weighted by Crippen LogP contribution is 2.23. The lowest BCUT2D eigenvalue weighted by Gasteiger charge is -2.36. The first-order valence-electron chi connectivity index (χ1n) is 9.44. The molecule has 0 spiro atoms. The molecule has 0 aromatic heterocycles. The number of rotatable bonds is 4. The van der Waals surface area contributed by atoms with Gasteiger partial charge in [0, 0.05) is 38.2 Å². The number of aryl methyl sites for hydroxylation is 1. The Morgan fingerprint density at radius 2 is 1.84 bits per heavy atom. The Bertz CT molecular complexity index is 655. The van der Waals surface area contributed by atoms with Crippen molar-refractivity contribution in [3.63, 3.8) is 0 Å². The van der Waals surface area contributed by atoms with Gasteiger partial charge in [-0.3, -0.25) is 9.59 Å². The van der Waals surface area contributed by atoms with Gasteiger partial charge in [-0.25, -0.2) is 0 Å². The number of allylic oxidation sites excluding steroid dienone is 1. The van der Waals surface area contributed by atoms with E-state index in [4.69, 9.17) is 0 Å². The maximum atomic E-state index is 12.7. The molecule has 0 N–H and O–H groups in total. The number of piperidine rings is 1. The number of carbonyl (C=O) groups excluding carboxylic acids is 2. The zero-order valence-corrected chi connectivity index (χ0v) is 15.3. The van der Waals surface area contributed by atoms with Gasteiger partial charge in [-0.05, 0) is 43.7 Å². The maximum Gasteiger partial charge on any atom is 0.246 e. The van der Waals surface area contributed by atoms with Crippen molar-refractivity contribution in [3.8, 4) is 0 Å². The molecule has 2 aliphatic rings. The van der Waals surface area contributed by atoms with Crippen LogP contribution in [-0.4, -0.2) is 47.3 Å². The number of hydrogen-bond acceptors (Lipinski definition) is 2. The minimum atomic E-state index is 0.101. The van der Waals surface area contributed by atoms with E-state index >= 15 is 0 Å². The van der Waals surface area contributed by atoms with Crippen molar-refractivity contribution in [2.45, 2.75) is 52.0 Å². The molecule has 0 saturated carbocycles. The minimum absolute atomic E-state index is 0.101. The predicted octanol–water partition coefficient (Wildman–Crippen LogP) is 3.40. The molecule has 4 heteroatoms. The third kappa shape index (κ3) is 4.12. The molecule has 3 rings (SSSR count). The second kappa shape index (κ2) is 7.85. The first-order valence-corrected chi connectivity index (χ1v) is 9.44. The number of likely N-dealkylation sites (tertiary alicyclic amines) is 2. The van der Waals surface area contributed by atoms with Crippen LogP contribution in [0.3, 0.4) is 0 Å². The number of hydrogen-bond donors (Lipinski definition) is 0. The summed E-state index contributed by atoms with van der Waals surface area (Å²) in [6, 6.07) is 8.67. The largest absolute Gasteiger partial charge is 0.340 e. The first-order chi connectivity index (χ1) is 12.1. The van der Waals surface area contributed by atoms with E-state index in [9.17, 15) is 9.59 Å². The molecular formula is C21H28N2O2. The van der Waals surface area contributed by atoms with Gasteiger partial charge in [0.15, 0.2) is 0 Å². The molecule has 2 amide bonds. The van der Waals surface area contributed by atoms with E-state index in [0.29, 0.717) is 12.5 Å². The van der Waals surface area contributed by atoms with Crippen molar-refractivity contribution in [1.82, 2.24) is 9.80 Å². The van der Waals surface area contributed by atoms with E-state index in [1.807, 2.05) is 9.80 Å². The van der Waals surface area contributed by atoms with E-state index in [-0.39, 0.29) is 11.8 Å². The molecule has 0 bridgehead atoms. The average Bonchev–Trinajstić information content (AvgIpc) is 3.06. The van der Waals surface area contributed by atoms with Crippen molar-refractivity contribution >= 4 is 17.4 Å². The summed E-state index contributed by atoms with van der Waals surface area (Å²) in [6.07, 6.45) is 6.11. The molecule has 4 nitrogen and oxygen atoms in total. The molecule has 25 heavy (non-hydrogen) atoms. The third-order valence-corrected chi connectivity index (χ3v) is 5.43. The number of benzene rings is 1. The topological polar surface area (TPSA) is 40.6 Å². The Morgan fingerprint density at radius 3 is 2.40 bits per heavy atom. The van der Waals surface area contributed by atoms with Gasteiger partial charge < -0.3 is 9.80 Å². The van der Waals surface area contributed by atoms with E-state index in [1.54, 1.807) is 6.08 Å². The fraction of sp³-hybridized carbons (Fsp3) is 0.524. The molecule has 2 heterocycles. The Hall–Kier alpha value is -2.10. The highest BCUT2D eigenvalue weighted by molar-refractivity contribution is 5.95. The SMILES string of the molecule is CCC(=CC(=O)N1CCC(N2CCCC2=O)CC1)c1ccc(C)cc1. The van der Waals surface area contributed by atoms with Gasteiger partial charge >= 0.3 is 0 Å². The number of nitrogens with zero attached hydrogens (tertiary/aromatic N) is 2. The van der Waals surface area contributed by atoms with Gasteiger partial charge in [0.2, 0.25) is 11.8 Å². The summed E-state index contributed by atoms with van der Waals surface area (Å²) in [5, 5.41) is 0. The molecule has 0 atom stereocenters. The van der Waals surface area contributed by atoms with Gasteiger partial charge in [-0.15, -0.1) is 0 Å². The summed E-state index contributed by atoms with van der Waals surface area (Å²) in [5.74, 6) is 0.390. The maximum absolute atomic E-state index is 12.7. The third-order valence-electron chi connectivity index (χ3n) is 5.43. The van der Waals surface area contributed by atoms with Crippen LogP contribution in [-0.2, 0) is 9.59 Å². The standard InChI is InChI=1S/C21H28N2O2/c1-3-17(18-8-6-16(2)7-9-18)15-21(25)22-13-10-19(11-14-22)23-12-4-5-20(23)24/h6-9,15,19H,3-5,10-14H2,1-2H3. The summed E-state index contributed by atoms with van der Waals surface area (Å²) >= 11 is 0. The van der Waals surface area contributed by atoms with Crippen LogP contribution < -0.4 is 0 Å². The van der Waals surface area contributed by atoms with Crippen LogP contribution in [0.15, 0.2) is 30.3 Å². The smallest absolute Gasteiger partial charge is 0.246 e. The molecular weight excluding hydrogens is 312 g/mol. The summed E-state index contributed by atoms with van der Waals surface area (Å²) in [6.45, 7) is 6.54. The van der Waals surface area contributed by atoms with Crippen molar-refractivity contribution in [2.24, 2.45) is 0 Å². The van der Waals surface area contributed by atoms with Crippen LogP contribution in [0.5, 0.6) is 0 Å². The molecule has 0 aliphatic carbocycles. The molecule has 2 saturated heterocycles. The average molecular weight is 340 g/mol. The Morgan fingerprint density at radius 1 is 1.16 bits per heavy atom. The van der Waals surface area contributed by atoms with Gasteiger partial charge in [0.1, 0.15) is 0 Å². The second-order valence-electron chi connectivity index (χ2n) is 7.14. The van der Waals surface area contributed by atoms with Crippen LogP contribution in [0.1, 0.15) is 50.2 Å². The van der Waals surface area contributed by atoms with Crippen LogP contribution in [0.4, 0.5) is 0 Å². The van der Waals surface area contributed by atoms with Crippen LogP contribution in [0, 0.1) is 6.92 Å². The van der Waals surface area contributed by atoms with Crippen molar-refractivity contribution in [3.05, 3.63) is 41.5 Å². The van der Waals surface area contributed by atoms with E-state index in [0.717, 1.165) is 56.5 Å². The van der Waals surface area contributed by atoms with E-state index < -0.39 is 0 Å². The molecule has 1 aromatic carbocycles. The molecule has 1 aromatic rings. The quantitative estimate of drug-likeness (QED) is 0.788. The molecule has 0 unspecified atom stereocenters. The van der Waals surface area contributed by atoms with Crippen LogP contribution in [0.25, 0.3) is 5.57 Å². The lowest BCUT2D eigenvalue weighted by atomic mass is 10.0. The summed E-state index contributed by atoms with van der Waals surface area (Å²) in [4.78, 5) is 28.5. The van der Waals surface area contributed by atoms with Crippen molar-refractivity contribution in [1.29, 1.82) is 0 Å². The number of carbonyl (C=O) groups is 2. The monoisotopic (exact) mass is 340 g/mol. The van der Waals surface area contributed by atoms with Crippen molar-refractivity contribution in [2.75, 3.05) is 19.6 Å². The van der Waals surface area contributed by atoms with Crippen LogP contribution >= 0.6 is 0 Å². The highest BCUT2D eigenvalue weighted by atomic mass is 16.2. The Balaban J connectivity index is 1.61. The van der Waals surface area contributed by atoms with Gasteiger partial charge in [0.05, 0.1) is 0 Å². The Kier molecular flexibility index (Phi) is 5.57. The fourth-order valence-corrected chi connectivity index (χ4v) is 3.85. The highest BCUT2D eigenvalue weighted by Gasteiger charge is 2.31. The van der Waals surface area contributed by atoms with E-state index in [2.05, 4.69) is 38.1 Å². The predicted molar refractivity (Wildman–Crippen MR) is 100.0 cm³/mol. The summed E-state index contributed by atoms with van der Waals surface area (Å²) < 4.78 is 0. The second-order valence-corrected chi connectivity index (χ2v) is 7.14. The van der Waals surface area contributed by atoms with Gasteiger partial charge in [-0.1, -0.05) is 36.8 Å². The van der Waals surface area contributed by atoms with Crippen molar-refractivity contribution < 1.29 is 9.59 Å². The zero-order chi connectivity index (χ0) is 17.8. The summed E-state index contributed by atoms with van der Waals surface area (Å²) in [7, 11) is 0. The molecule has 0 radical (unpaired) electrons. The lowest BCUT2D eigenvalue weighted by Crippen LogP contribution is -2.46. The zero-order valence-electron chi connectivity index (χ0n) is 15.3. The minimum Gasteiger partial charge on any atom is -0.340 e.